The molecule has 0 amide bonds. The van der Waals surface area contributed by atoms with Crippen LogP contribution < -0.4 is 0 Å². The third-order valence-corrected chi connectivity index (χ3v) is 2.64. The highest BCUT2D eigenvalue weighted by atomic mass is 32.1. The fourth-order valence-electron chi connectivity index (χ4n) is 1.20. The molecule has 0 unspecified atom stereocenters. The number of furan rings is 1. The molecule has 0 radical (unpaired) electrons. The number of ketones is 2. The van der Waals surface area contributed by atoms with Crippen LogP contribution in [-0.2, 0) is 0 Å². The van der Waals surface area contributed by atoms with Crippen LogP contribution in [0.3, 0.4) is 0 Å². The second-order valence-electron chi connectivity index (χ2n) is 3.01. The Hall–Kier alpha value is -1.68. The van der Waals surface area contributed by atoms with Crippen LogP contribution in [-0.4, -0.2) is 11.6 Å². The highest BCUT2D eigenvalue weighted by Crippen LogP contribution is 2.11. The largest absolute Gasteiger partial charge is 0.461 e. The van der Waals surface area contributed by atoms with Crippen LogP contribution in [0.15, 0.2) is 39.6 Å². The Balaban J connectivity index is 2.04. The average Bonchev–Trinajstić information content (AvgIpc) is 2.91. The van der Waals surface area contributed by atoms with E-state index in [4.69, 9.17) is 4.42 Å². The quantitative estimate of drug-likeness (QED) is 0.588. The van der Waals surface area contributed by atoms with Crippen LogP contribution in [0.25, 0.3) is 0 Å². The molecule has 0 aromatic carbocycles. The van der Waals surface area contributed by atoms with Gasteiger partial charge < -0.3 is 4.42 Å². The smallest absolute Gasteiger partial charge is 0.205 e. The van der Waals surface area contributed by atoms with Gasteiger partial charge in [0, 0.05) is 10.9 Å². The van der Waals surface area contributed by atoms with Crippen LogP contribution in [0.5, 0.6) is 0 Å². The van der Waals surface area contributed by atoms with E-state index in [0.29, 0.717) is 5.56 Å². The zero-order valence-electron chi connectivity index (χ0n) is 7.80. The minimum atomic E-state index is -0.281. The van der Waals surface area contributed by atoms with Gasteiger partial charge in [-0.2, -0.15) is 11.3 Å². The van der Waals surface area contributed by atoms with Crippen molar-refractivity contribution in [3.05, 3.63) is 46.5 Å². The van der Waals surface area contributed by atoms with Gasteiger partial charge in [0.2, 0.25) is 5.78 Å². The number of carbonyl (C=O) groups is 2. The molecule has 2 aromatic heterocycles. The van der Waals surface area contributed by atoms with Gasteiger partial charge in [-0.1, -0.05) is 0 Å². The van der Waals surface area contributed by atoms with Crippen molar-refractivity contribution in [3.8, 4) is 0 Å². The molecule has 0 aliphatic heterocycles. The van der Waals surface area contributed by atoms with Gasteiger partial charge in [0.15, 0.2) is 11.5 Å². The summed E-state index contributed by atoms with van der Waals surface area (Å²) in [5.41, 5.74) is 0.583. The molecule has 0 aliphatic carbocycles. The van der Waals surface area contributed by atoms with Gasteiger partial charge in [-0.05, 0) is 23.6 Å². The Morgan fingerprint density at radius 1 is 1.27 bits per heavy atom. The van der Waals surface area contributed by atoms with E-state index in [9.17, 15) is 9.59 Å². The first kappa shape index (κ1) is 9.86. The Kier molecular flexibility index (Phi) is 2.78. The number of carbonyl (C=O) groups excluding carboxylic acids is 2. The summed E-state index contributed by atoms with van der Waals surface area (Å²) in [6, 6.07) is 4.90. The van der Waals surface area contributed by atoms with Gasteiger partial charge in [-0.3, -0.25) is 9.59 Å². The van der Waals surface area contributed by atoms with Crippen LogP contribution >= 0.6 is 11.3 Å². The standard InChI is InChI=1S/C11H8O3S/c12-9(8-3-5-15-7-8)6-10(13)11-2-1-4-14-11/h1-5,7H,6H2. The van der Waals surface area contributed by atoms with Gasteiger partial charge in [-0.25, -0.2) is 0 Å². The number of Topliss-reactive ketones (excluding diaryl/α,β-unsaturated/α-hetero) is 2. The minimum absolute atomic E-state index is 0.135. The summed E-state index contributed by atoms with van der Waals surface area (Å²) in [5, 5.41) is 3.54. The first-order chi connectivity index (χ1) is 7.27. The lowest BCUT2D eigenvalue weighted by atomic mass is 10.1. The maximum Gasteiger partial charge on any atom is 0.205 e. The van der Waals surface area contributed by atoms with Crippen LogP contribution in [0, 0.1) is 0 Å². The van der Waals surface area contributed by atoms with E-state index in [1.807, 2.05) is 5.38 Å². The van der Waals surface area contributed by atoms with Crippen molar-refractivity contribution in [2.24, 2.45) is 0 Å². The Bertz CT molecular complexity index is 410. The lowest BCUT2D eigenvalue weighted by Gasteiger charge is -1.95. The van der Waals surface area contributed by atoms with E-state index in [1.54, 1.807) is 23.6 Å². The zero-order valence-corrected chi connectivity index (χ0v) is 8.62. The number of hydrogen-bond donors (Lipinski definition) is 0. The summed E-state index contributed by atoms with van der Waals surface area (Å²) in [6.07, 6.45) is 1.28. The van der Waals surface area contributed by atoms with Crippen molar-refractivity contribution in [2.75, 3.05) is 0 Å². The normalized spacial score (nSPS) is 10.1. The van der Waals surface area contributed by atoms with Crippen molar-refractivity contribution >= 4 is 22.9 Å². The first-order valence-corrected chi connectivity index (χ1v) is 5.34. The van der Waals surface area contributed by atoms with E-state index >= 15 is 0 Å². The van der Waals surface area contributed by atoms with E-state index in [0.717, 1.165) is 0 Å². The average molecular weight is 220 g/mol. The minimum Gasteiger partial charge on any atom is -0.461 e. The first-order valence-electron chi connectivity index (χ1n) is 4.39. The molecule has 4 heteroatoms. The molecule has 0 bridgehead atoms. The van der Waals surface area contributed by atoms with Crippen molar-refractivity contribution in [1.82, 2.24) is 0 Å². The van der Waals surface area contributed by atoms with E-state index in [-0.39, 0.29) is 23.7 Å². The maximum atomic E-state index is 11.6. The molecule has 0 N–H and O–H groups in total. The second-order valence-corrected chi connectivity index (χ2v) is 3.79. The van der Waals surface area contributed by atoms with Gasteiger partial charge >= 0.3 is 0 Å². The topological polar surface area (TPSA) is 47.3 Å². The predicted molar refractivity (Wildman–Crippen MR) is 56.3 cm³/mol. The summed E-state index contributed by atoms with van der Waals surface area (Å²) in [5.74, 6) is -0.215. The fraction of sp³-hybridized carbons (Fsp3) is 0.0909. The maximum absolute atomic E-state index is 11.6. The van der Waals surface area contributed by atoms with Crippen molar-refractivity contribution < 1.29 is 14.0 Å². The van der Waals surface area contributed by atoms with Crippen molar-refractivity contribution in [2.45, 2.75) is 6.42 Å². The number of hydrogen-bond acceptors (Lipinski definition) is 4. The molecular formula is C11H8O3S. The molecule has 0 fully saturated rings. The highest BCUT2D eigenvalue weighted by Gasteiger charge is 2.15. The summed E-state index contributed by atoms with van der Waals surface area (Å²) in [6.45, 7) is 0. The molecule has 0 saturated heterocycles. The molecule has 0 spiro atoms. The Labute approximate surface area is 90.3 Å². The number of thiophene rings is 1. The molecule has 3 nitrogen and oxygen atoms in total. The summed E-state index contributed by atoms with van der Waals surface area (Å²) in [4.78, 5) is 23.1. The van der Waals surface area contributed by atoms with Crippen LogP contribution in [0.1, 0.15) is 27.3 Å². The Morgan fingerprint density at radius 2 is 2.13 bits per heavy atom. The number of rotatable bonds is 4. The van der Waals surface area contributed by atoms with Gasteiger partial charge in [0.05, 0.1) is 12.7 Å². The molecule has 0 atom stereocenters. The third kappa shape index (κ3) is 2.22. The lowest BCUT2D eigenvalue weighted by molar-refractivity contribution is 0.0878. The zero-order chi connectivity index (χ0) is 10.7. The lowest BCUT2D eigenvalue weighted by Crippen LogP contribution is -2.06. The van der Waals surface area contributed by atoms with E-state index in [1.165, 1.54) is 17.6 Å². The van der Waals surface area contributed by atoms with Crippen LogP contribution in [0.2, 0.25) is 0 Å². The molecule has 76 valence electrons. The summed E-state index contributed by atoms with van der Waals surface area (Å²) < 4.78 is 4.91. The van der Waals surface area contributed by atoms with Gasteiger partial charge in [0.25, 0.3) is 0 Å². The second kappa shape index (κ2) is 4.23. The third-order valence-electron chi connectivity index (χ3n) is 1.96. The molecule has 0 saturated carbocycles. The fourth-order valence-corrected chi connectivity index (χ4v) is 1.86. The van der Waals surface area contributed by atoms with E-state index in [2.05, 4.69) is 0 Å². The molecule has 2 aromatic rings. The van der Waals surface area contributed by atoms with Gasteiger partial charge in [0.1, 0.15) is 0 Å². The molecular weight excluding hydrogens is 212 g/mol. The van der Waals surface area contributed by atoms with Crippen LogP contribution in [0.4, 0.5) is 0 Å². The van der Waals surface area contributed by atoms with E-state index < -0.39 is 0 Å². The van der Waals surface area contributed by atoms with Crippen molar-refractivity contribution in [3.63, 3.8) is 0 Å². The molecule has 0 aliphatic rings. The SMILES string of the molecule is O=C(CC(=O)c1ccco1)c1ccsc1. The Morgan fingerprint density at radius 3 is 2.73 bits per heavy atom. The van der Waals surface area contributed by atoms with Gasteiger partial charge in [-0.15, -0.1) is 0 Å². The van der Waals surface area contributed by atoms with Crippen molar-refractivity contribution in [1.29, 1.82) is 0 Å². The highest BCUT2D eigenvalue weighted by molar-refractivity contribution is 7.08. The summed E-state index contributed by atoms with van der Waals surface area (Å²) in [7, 11) is 0. The monoisotopic (exact) mass is 220 g/mol. The molecule has 15 heavy (non-hydrogen) atoms. The molecule has 2 heterocycles. The molecule has 2 rings (SSSR count). The predicted octanol–water partition coefficient (Wildman–Crippen LogP) is 2.80. The summed E-state index contributed by atoms with van der Waals surface area (Å²) >= 11 is 1.44.